The number of carbonyl (C=O) groups excluding carboxylic acids is 2. The van der Waals surface area contributed by atoms with Crippen LogP contribution in [0.2, 0.25) is 0 Å². The van der Waals surface area contributed by atoms with Gasteiger partial charge in [-0.3, -0.25) is 9.59 Å². The van der Waals surface area contributed by atoms with Gasteiger partial charge in [-0.25, -0.2) is 4.39 Å². The number of carbonyl (C=O) groups is 2. The summed E-state index contributed by atoms with van der Waals surface area (Å²) in [6.45, 7) is 2.81. The van der Waals surface area contributed by atoms with Crippen molar-refractivity contribution in [2.24, 2.45) is 0 Å². The Hall–Kier alpha value is -2.38. The lowest BCUT2D eigenvalue weighted by molar-refractivity contribution is -0.856. The quantitative estimate of drug-likeness (QED) is 0.691. The summed E-state index contributed by atoms with van der Waals surface area (Å²) in [5.74, 6) is -0.709. The van der Waals surface area contributed by atoms with E-state index in [0.29, 0.717) is 17.8 Å². The Labute approximate surface area is 157 Å². The fourth-order valence-corrected chi connectivity index (χ4v) is 3.09. The Kier molecular flexibility index (Phi) is 7.17. The zero-order valence-corrected chi connectivity index (χ0v) is 15.9. The molecule has 0 atom stereocenters. The number of quaternary nitrogens is 1. The first-order valence-corrected chi connectivity index (χ1v) is 9.09. The molecule has 0 heterocycles. The minimum absolute atomic E-state index is 0.184. The highest BCUT2D eigenvalue weighted by Gasteiger charge is 2.12. The van der Waals surface area contributed by atoms with E-state index < -0.39 is 0 Å². The van der Waals surface area contributed by atoms with Crippen LogP contribution in [-0.2, 0) is 4.79 Å². The molecule has 0 saturated heterocycles. The van der Waals surface area contributed by atoms with Gasteiger partial charge in [-0.15, -0.1) is 0 Å². The minimum Gasteiger partial charge on any atom is -0.346 e. The molecule has 2 amide bonds. The molecule has 7 heteroatoms. The summed E-state index contributed by atoms with van der Waals surface area (Å²) in [5.41, 5.74) is 1.03. The van der Waals surface area contributed by atoms with Crippen molar-refractivity contribution in [1.29, 1.82) is 0 Å². The van der Waals surface area contributed by atoms with E-state index in [1.54, 1.807) is 30.3 Å². The molecule has 138 valence electrons. The van der Waals surface area contributed by atoms with Crippen molar-refractivity contribution in [3.8, 4) is 0 Å². The fraction of sp³-hybridized carbons (Fsp3) is 0.263. The SMILES string of the molecule is CC(=O)Nc1cc(C(=O)NCC[NH+](C)C)ccc1Sc1ccc(F)cc1. The molecule has 3 N–H and O–H groups in total. The van der Waals surface area contributed by atoms with Crippen molar-refractivity contribution in [2.45, 2.75) is 16.7 Å². The number of likely N-dealkylation sites (N-methyl/N-ethyl adjacent to an activating group) is 1. The van der Waals surface area contributed by atoms with Crippen LogP contribution in [0.5, 0.6) is 0 Å². The Morgan fingerprint density at radius 2 is 1.81 bits per heavy atom. The molecule has 0 bridgehead atoms. The van der Waals surface area contributed by atoms with Crippen LogP contribution < -0.4 is 15.5 Å². The van der Waals surface area contributed by atoms with Crippen molar-refractivity contribution in [3.63, 3.8) is 0 Å². The summed E-state index contributed by atoms with van der Waals surface area (Å²) in [4.78, 5) is 26.7. The molecule has 0 fully saturated rings. The zero-order chi connectivity index (χ0) is 19.1. The van der Waals surface area contributed by atoms with Gasteiger partial charge in [-0.1, -0.05) is 11.8 Å². The van der Waals surface area contributed by atoms with Crippen LogP contribution in [-0.4, -0.2) is 39.0 Å². The number of rotatable bonds is 7. The lowest BCUT2D eigenvalue weighted by Gasteiger charge is -2.13. The maximum atomic E-state index is 13.1. The maximum absolute atomic E-state index is 13.1. The molecule has 0 aromatic heterocycles. The minimum atomic E-state index is -0.303. The van der Waals surface area contributed by atoms with Crippen molar-refractivity contribution in [1.82, 2.24) is 5.32 Å². The molecule has 5 nitrogen and oxygen atoms in total. The number of anilines is 1. The van der Waals surface area contributed by atoms with Gasteiger partial charge in [0.05, 0.1) is 32.9 Å². The molecule has 0 saturated carbocycles. The molecule has 0 aliphatic carbocycles. The van der Waals surface area contributed by atoms with Gasteiger partial charge in [-0.2, -0.15) is 0 Å². The first-order valence-electron chi connectivity index (χ1n) is 8.27. The summed E-state index contributed by atoms with van der Waals surface area (Å²) in [6.07, 6.45) is 0. The first kappa shape index (κ1) is 19.9. The van der Waals surface area contributed by atoms with E-state index in [-0.39, 0.29) is 17.6 Å². The van der Waals surface area contributed by atoms with Crippen LogP contribution in [0, 0.1) is 5.82 Å². The van der Waals surface area contributed by atoms with Gasteiger partial charge >= 0.3 is 0 Å². The van der Waals surface area contributed by atoms with Crippen LogP contribution in [0.4, 0.5) is 10.1 Å². The predicted molar refractivity (Wildman–Crippen MR) is 101 cm³/mol. The molecule has 0 radical (unpaired) electrons. The molecular formula is C19H23FN3O2S+. The maximum Gasteiger partial charge on any atom is 0.251 e. The van der Waals surface area contributed by atoms with Crippen LogP contribution >= 0.6 is 11.8 Å². The van der Waals surface area contributed by atoms with E-state index >= 15 is 0 Å². The van der Waals surface area contributed by atoms with E-state index in [1.165, 1.54) is 35.7 Å². The Bertz CT molecular complexity index is 779. The van der Waals surface area contributed by atoms with E-state index in [2.05, 4.69) is 10.6 Å². The topological polar surface area (TPSA) is 62.6 Å². The molecule has 2 aromatic carbocycles. The van der Waals surface area contributed by atoms with Crippen molar-refractivity contribution in [2.75, 3.05) is 32.5 Å². The summed E-state index contributed by atoms with van der Waals surface area (Å²) >= 11 is 1.39. The third-order valence-corrected chi connectivity index (χ3v) is 4.59. The average Bonchev–Trinajstić information content (AvgIpc) is 2.57. The Morgan fingerprint density at radius 3 is 2.42 bits per heavy atom. The summed E-state index contributed by atoms with van der Waals surface area (Å²) < 4.78 is 13.1. The van der Waals surface area contributed by atoms with Gasteiger partial charge in [0.1, 0.15) is 5.82 Å². The van der Waals surface area contributed by atoms with E-state index in [0.717, 1.165) is 16.3 Å². The molecule has 2 aromatic rings. The van der Waals surface area contributed by atoms with E-state index in [4.69, 9.17) is 0 Å². The third kappa shape index (κ3) is 6.16. The predicted octanol–water partition coefficient (Wildman–Crippen LogP) is 1.81. The van der Waals surface area contributed by atoms with Gasteiger partial charge in [0.25, 0.3) is 5.91 Å². The Balaban J connectivity index is 2.19. The summed E-state index contributed by atoms with van der Waals surface area (Å²) in [7, 11) is 4.03. The molecule has 0 unspecified atom stereocenters. The third-order valence-electron chi connectivity index (χ3n) is 3.50. The van der Waals surface area contributed by atoms with Gasteiger partial charge < -0.3 is 15.5 Å². The van der Waals surface area contributed by atoms with Gasteiger partial charge in [-0.05, 0) is 42.5 Å². The van der Waals surface area contributed by atoms with Crippen molar-refractivity contribution in [3.05, 3.63) is 53.8 Å². The van der Waals surface area contributed by atoms with Crippen LogP contribution in [0.1, 0.15) is 17.3 Å². The highest BCUT2D eigenvalue weighted by atomic mass is 32.2. The van der Waals surface area contributed by atoms with Crippen molar-refractivity contribution < 1.29 is 18.9 Å². The highest BCUT2D eigenvalue weighted by molar-refractivity contribution is 7.99. The van der Waals surface area contributed by atoms with Crippen molar-refractivity contribution >= 4 is 29.3 Å². The smallest absolute Gasteiger partial charge is 0.251 e. The van der Waals surface area contributed by atoms with Gasteiger partial charge in [0.15, 0.2) is 0 Å². The Morgan fingerprint density at radius 1 is 1.12 bits per heavy atom. The summed E-state index contributed by atoms with van der Waals surface area (Å²) in [6, 6.07) is 11.3. The molecule has 0 aliphatic heterocycles. The highest BCUT2D eigenvalue weighted by Crippen LogP contribution is 2.34. The molecule has 0 spiro atoms. The second-order valence-electron chi connectivity index (χ2n) is 6.16. The number of hydrogen-bond donors (Lipinski definition) is 3. The normalized spacial score (nSPS) is 10.7. The number of benzene rings is 2. The number of amides is 2. The lowest BCUT2D eigenvalue weighted by Crippen LogP contribution is -3.06. The number of halogens is 1. The molecule has 2 rings (SSSR count). The summed E-state index contributed by atoms with van der Waals surface area (Å²) in [5, 5.41) is 5.62. The van der Waals surface area contributed by atoms with Crippen LogP contribution in [0.25, 0.3) is 0 Å². The van der Waals surface area contributed by atoms with Crippen LogP contribution in [0.3, 0.4) is 0 Å². The number of nitrogens with one attached hydrogen (secondary N) is 3. The van der Waals surface area contributed by atoms with Crippen LogP contribution in [0.15, 0.2) is 52.3 Å². The standard InChI is InChI=1S/C19H22FN3O2S/c1-13(24)22-17-12-14(19(25)21-10-11-23(2)3)4-9-18(17)26-16-7-5-15(20)6-8-16/h4-9,12H,10-11H2,1-3H3,(H,21,25)(H,22,24)/p+1. The molecule has 0 aliphatic rings. The van der Waals surface area contributed by atoms with E-state index in [1.807, 2.05) is 14.1 Å². The molecular weight excluding hydrogens is 353 g/mol. The van der Waals surface area contributed by atoms with Gasteiger partial charge in [0, 0.05) is 22.3 Å². The first-order chi connectivity index (χ1) is 12.3. The second kappa shape index (κ2) is 9.35. The zero-order valence-electron chi connectivity index (χ0n) is 15.1. The monoisotopic (exact) mass is 376 g/mol. The number of hydrogen-bond acceptors (Lipinski definition) is 3. The van der Waals surface area contributed by atoms with E-state index in [9.17, 15) is 14.0 Å². The second-order valence-corrected chi connectivity index (χ2v) is 7.28. The molecule has 26 heavy (non-hydrogen) atoms. The largest absolute Gasteiger partial charge is 0.346 e. The fourth-order valence-electron chi connectivity index (χ4n) is 2.21. The van der Waals surface area contributed by atoms with Gasteiger partial charge in [0.2, 0.25) is 5.91 Å². The average molecular weight is 376 g/mol. The lowest BCUT2D eigenvalue weighted by atomic mass is 10.2.